The van der Waals surface area contributed by atoms with Crippen LogP contribution in [0.25, 0.3) is 16.6 Å². The number of halogens is 2. The maximum atomic E-state index is 14.6. The Hall–Kier alpha value is -3.64. The van der Waals surface area contributed by atoms with Gasteiger partial charge in [-0.05, 0) is 24.3 Å². The number of fused-ring (bicyclic) bond motifs is 1. The number of carbonyl (C=O) groups is 1. The number of nitrogens with zero attached hydrogens (tertiary/aromatic N) is 1. The summed E-state index contributed by atoms with van der Waals surface area (Å²) in [7, 11) is -4.19. The van der Waals surface area contributed by atoms with Gasteiger partial charge in [-0.1, -0.05) is 18.2 Å². The zero-order valence-corrected chi connectivity index (χ0v) is 17.5. The van der Waals surface area contributed by atoms with Crippen LogP contribution < -0.4 is 11.2 Å². The van der Waals surface area contributed by atoms with E-state index in [2.05, 4.69) is 4.98 Å². The zero-order valence-electron chi connectivity index (χ0n) is 15.8. The summed E-state index contributed by atoms with van der Waals surface area (Å²) < 4.78 is 54.4. The molecule has 2 aromatic heterocycles. The quantitative estimate of drug-likeness (QED) is 0.425. The van der Waals surface area contributed by atoms with Gasteiger partial charge in [0.15, 0.2) is 9.84 Å². The summed E-state index contributed by atoms with van der Waals surface area (Å²) in [5, 5.41) is 10.2. The summed E-state index contributed by atoms with van der Waals surface area (Å²) in [5.74, 6) is -3.98. The standard InChI is InChI=1S/C20H12F2N2O6S2/c21-12-4-2-1-3-10(12)9-32(29,30)11-5-6-13(22)15(7-11)24-18(25)16-14(23-20(24)28)8-31-17(16)19(26)27/h1-8H,9H2,(H,23,28)(H,26,27). The number of rotatable bonds is 5. The predicted molar refractivity (Wildman–Crippen MR) is 112 cm³/mol. The minimum Gasteiger partial charge on any atom is -0.477 e. The van der Waals surface area contributed by atoms with Gasteiger partial charge in [-0.3, -0.25) is 4.79 Å². The molecule has 0 aliphatic heterocycles. The van der Waals surface area contributed by atoms with E-state index >= 15 is 0 Å². The largest absolute Gasteiger partial charge is 0.477 e. The van der Waals surface area contributed by atoms with E-state index in [4.69, 9.17) is 0 Å². The first-order chi connectivity index (χ1) is 15.1. The van der Waals surface area contributed by atoms with Crippen molar-refractivity contribution >= 4 is 38.0 Å². The highest BCUT2D eigenvalue weighted by Gasteiger charge is 2.23. The summed E-state index contributed by atoms with van der Waals surface area (Å²) in [5.41, 5.74) is -3.04. The number of sulfone groups is 1. The highest BCUT2D eigenvalue weighted by molar-refractivity contribution is 7.90. The monoisotopic (exact) mass is 478 g/mol. The number of thiophene rings is 1. The first-order valence-electron chi connectivity index (χ1n) is 8.86. The van der Waals surface area contributed by atoms with Gasteiger partial charge in [0.05, 0.1) is 27.2 Å². The molecule has 12 heteroatoms. The Labute approximate surface area is 181 Å². The minimum absolute atomic E-state index is 0.0395. The van der Waals surface area contributed by atoms with Crippen molar-refractivity contribution in [3.8, 4) is 5.69 Å². The van der Waals surface area contributed by atoms with Crippen LogP contribution in [-0.4, -0.2) is 29.0 Å². The Morgan fingerprint density at radius 2 is 1.81 bits per heavy atom. The lowest BCUT2D eigenvalue weighted by Gasteiger charge is -2.10. The van der Waals surface area contributed by atoms with Crippen LogP contribution in [0.1, 0.15) is 15.2 Å². The molecule has 2 N–H and O–H groups in total. The van der Waals surface area contributed by atoms with E-state index in [1.807, 2.05) is 0 Å². The Kier molecular flexibility index (Phi) is 5.26. The van der Waals surface area contributed by atoms with Crippen LogP contribution in [0.15, 0.2) is 62.3 Å². The number of benzene rings is 2. The van der Waals surface area contributed by atoms with Gasteiger partial charge >= 0.3 is 11.7 Å². The van der Waals surface area contributed by atoms with Crippen LogP contribution >= 0.6 is 11.3 Å². The Morgan fingerprint density at radius 3 is 2.50 bits per heavy atom. The van der Waals surface area contributed by atoms with Gasteiger partial charge in [-0.15, -0.1) is 11.3 Å². The fraction of sp³-hybridized carbons (Fsp3) is 0.0500. The normalized spacial score (nSPS) is 11.7. The summed E-state index contributed by atoms with van der Waals surface area (Å²) >= 11 is 0.704. The van der Waals surface area contributed by atoms with Gasteiger partial charge in [-0.2, -0.15) is 0 Å². The molecule has 0 spiro atoms. The van der Waals surface area contributed by atoms with Gasteiger partial charge in [0.2, 0.25) is 0 Å². The van der Waals surface area contributed by atoms with Crippen molar-refractivity contribution in [2.45, 2.75) is 10.6 Å². The van der Waals surface area contributed by atoms with Crippen molar-refractivity contribution < 1.29 is 27.1 Å². The number of H-pyrrole nitrogens is 1. The number of aromatic amines is 1. The molecule has 4 aromatic rings. The van der Waals surface area contributed by atoms with E-state index in [0.717, 1.165) is 24.3 Å². The van der Waals surface area contributed by atoms with E-state index < -0.39 is 55.0 Å². The lowest BCUT2D eigenvalue weighted by molar-refractivity contribution is 0.0704. The van der Waals surface area contributed by atoms with Crippen LogP contribution in [0.2, 0.25) is 0 Å². The first-order valence-corrected chi connectivity index (χ1v) is 11.4. The predicted octanol–water partition coefficient (Wildman–Crippen LogP) is 2.69. The molecule has 0 saturated carbocycles. The summed E-state index contributed by atoms with van der Waals surface area (Å²) in [6, 6.07) is 7.69. The molecule has 2 heterocycles. The molecule has 0 amide bonds. The molecule has 0 aliphatic rings. The fourth-order valence-electron chi connectivity index (χ4n) is 3.17. The average molecular weight is 478 g/mol. The molecule has 0 atom stereocenters. The van der Waals surface area contributed by atoms with Gasteiger partial charge in [0, 0.05) is 10.9 Å². The van der Waals surface area contributed by atoms with Crippen LogP contribution in [0.4, 0.5) is 8.78 Å². The van der Waals surface area contributed by atoms with E-state index in [-0.39, 0.29) is 21.3 Å². The molecule has 2 aromatic carbocycles. The second-order valence-corrected chi connectivity index (χ2v) is 9.56. The molecule has 4 rings (SSSR count). The van der Waals surface area contributed by atoms with Crippen molar-refractivity contribution in [3.63, 3.8) is 0 Å². The van der Waals surface area contributed by atoms with E-state index in [1.165, 1.54) is 23.6 Å². The van der Waals surface area contributed by atoms with Gasteiger partial charge < -0.3 is 10.1 Å². The molecule has 0 radical (unpaired) electrons. The molecule has 0 aliphatic carbocycles. The highest BCUT2D eigenvalue weighted by atomic mass is 32.2. The SMILES string of the molecule is O=C(O)c1scc2[nH]c(=O)n(-c3cc(S(=O)(=O)Cc4ccccc4F)ccc3F)c(=O)c12. The smallest absolute Gasteiger partial charge is 0.346 e. The van der Waals surface area contributed by atoms with Gasteiger partial charge in [-0.25, -0.2) is 31.4 Å². The Morgan fingerprint density at radius 1 is 1.09 bits per heavy atom. The lowest BCUT2D eigenvalue weighted by atomic mass is 10.2. The maximum absolute atomic E-state index is 14.6. The molecular formula is C20H12F2N2O6S2. The molecule has 0 saturated heterocycles. The first kappa shape index (κ1) is 21.6. The van der Waals surface area contributed by atoms with Crippen molar-refractivity contribution in [1.29, 1.82) is 0 Å². The van der Waals surface area contributed by atoms with Gasteiger partial charge in [0.25, 0.3) is 5.56 Å². The third-order valence-corrected chi connectivity index (χ3v) is 7.30. The molecule has 8 nitrogen and oxygen atoms in total. The Bertz CT molecular complexity index is 1620. The number of hydrogen-bond acceptors (Lipinski definition) is 6. The number of aromatic carboxylic acids is 1. The molecule has 32 heavy (non-hydrogen) atoms. The molecular weight excluding hydrogens is 466 g/mol. The van der Waals surface area contributed by atoms with Crippen molar-refractivity contribution in [2.75, 3.05) is 0 Å². The zero-order chi connectivity index (χ0) is 23.2. The molecule has 0 fully saturated rings. The molecule has 0 bridgehead atoms. The fourth-order valence-corrected chi connectivity index (χ4v) is 5.38. The van der Waals surface area contributed by atoms with Crippen molar-refractivity contribution in [1.82, 2.24) is 9.55 Å². The summed E-state index contributed by atoms with van der Waals surface area (Å²) in [4.78, 5) is 38.3. The topological polar surface area (TPSA) is 126 Å². The van der Waals surface area contributed by atoms with Gasteiger partial charge in [0.1, 0.15) is 16.5 Å². The van der Waals surface area contributed by atoms with Crippen LogP contribution in [0, 0.1) is 11.6 Å². The average Bonchev–Trinajstić information content (AvgIpc) is 3.15. The van der Waals surface area contributed by atoms with Crippen LogP contribution in [0.3, 0.4) is 0 Å². The number of aromatic nitrogens is 2. The molecule has 0 unspecified atom stereocenters. The third kappa shape index (κ3) is 3.63. The Balaban J connectivity index is 1.91. The van der Waals surface area contributed by atoms with E-state index in [9.17, 15) is 36.7 Å². The van der Waals surface area contributed by atoms with E-state index in [0.29, 0.717) is 15.9 Å². The summed E-state index contributed by atoms with van der Waals surface area (Å²) in [6.07, 6.45) is 0. The number of hydrogen-bond donors (Lipinski definition) is 2. The van der Waals surface area contributed by atoms with Crippen LogP contribution in [0.5, 0.6) is 0 Å². The van der Waals surface area contributed by atoms with Crippen molar-refractivity contribution in [2.24, 2.45) is 0 Å². The van der Waals surface area contributed by atoms with Crippen molar-refractivity contribution in [3.05, 3.63) is 90.8 Å². The number of carboxylic acid groups (broad SMARTS) is 1. The highest BCUT2D eigenvalue weighted by Crippen LogP contribution is 2.24. The number of nitrogens with one attached hydrogen (secondary N) is 1. The van der Waals surface area contributed by atoms with Crippen LogP contribution in [-0.2, 0) is 15.6 Å². The second-order valence-electron chi connectivity index (χ2n) is 6.69. The second kappa shape index (κ2) is 7.80. The van der Waals surface area contributed by atoms with E-state index in [1.54, 1.807) is 0 Å². The number of carboxylic acids is 1. The maximum Gasteiger partial charge on any atom is 0.346 e. The third-order valence-electron chi connectivity index (χ3n) is 4.67. The molecule has 164 valence electrons. The summed E-state index contributed by atoms with van der Waals surface area (Å²) in [6.45, 7) is 0. The minimum atomic E-state index is -4.19. The lowest BCUT2D eigenvalue weighted by Crippen LogP contribution is -2.34.